The summed E-state index contributed by atoms with van der Waals surface area (Å²) in [6.07, 6.45) is 0.686. The number of cyclic esters (lactones) is 2. The van der Waals surface area contributed by atoms with Gasteiger partial charge >= 0.3 is 23.9 Å². The maximum Gasteiger partial charge on any atom is 0.343 e. The summed E-state index contributed by atoms with van der Waals surface area (Å²) in [6, 6.07) is 13.4. The largest absolute Gasteiger partial charge is 0.458 e. The number of nitrogens with zero attached hydrogens (tertiary/aromatic N) is 4. The third-order valence-corrected chi connectivity index (χ3v) is 13.3. The van der Waals surface area contributed by atoms with Gasteiger partial charge in [-0.15, -0.1) is 0 Å². The molecule has 6 aromatic rings. The minimum absolute atomic E-state index is 0.0355. The summed E-state index contributed by atoms with van der Waals surface area (Å²) in [4.78, 5) is 88.6. The van der Waals surface area contributed by atoms with Gasteiger partial charge in [0.25, 0.3) is 11.1 Å². The molecular weight excluding hydrogens is 825 g/mol. The van der Waals surface area contributed by atoms with Gasteiger partial charge in [-0.2, -0.15) is 0 Å². The first-order chi connectivity index (χ1) is 30.7. The van der Waals surface area contributed by atoms with E-state index in [4.69, 9.17) is 28.9 Å². The zero-order valence-electron chi connectivity index (χ0n) is 35.5. The summed E-state index contributed by atoms with van der Waals surface area (Å²) < 4.78 is 24.9. The molecule has 64 heavy (non-hydrogen) atoms. The molecule has 0 aliphatic carbocycles. The van der Waals surface area contributed by atoms with Crippen LogP contribution in [-0.4, -0.2) is 53.2 Å². The van der Waals surface area contributed by atoms with Crippen molar-refractivity contribution in [3.05, 3.63) is 114 Å². The van der Waals surface area contributed by atoms with Crippen molar-refractivity contribution < 1.29 is 48.3 Å². The fourth-order valence-electron chi connectivity index (χ4n) is 9.79. The minimum Gasteiger partial charge on any atom is -0.458 e. The molecule has 0 amide bonds. The maximum atomic E-state index is 13.7. The molecule has 2 aromatic carbocycles. The van der Waals surface area contributed by atoms with E-state index in [-0.39, 0.29) is 96.9 Å². The molecule has 8 heterocycles. The second kappa shape index (κ2) is 14.8. The number of pyridine rings is 4. The number of benzene rings is 2. The van der Waals surface area contributed by atoms with E-state index in [2.05, 4.69) is 0 Å². The van der Waals surface area contributed by atoms with Crippen LogP contribution in [-0.2, 0) is 79.0 Å². The smallest absolute Gasteiger partial charge is 0.343 e. The molecule has 0 fully saturated rings. The van der Waals surface area contributed by atoms with E-state index in [1.54, 1.807) is 71.5 Å². The summed E-state index contributed by atoms with van der Waals surface area (Å²) in [5.74, 6) is -2.37. The van der Waals surface area contributed by atoms with Crippen molar-refractivity contribution in [2.24, 2.45) is 0 Å². The zero-order chi connectivity index (χ0) is 45.0. The lowest BCUT2D eigenvalue weighted by Crippen LogP contribution is -2.44. The highest BCUT2D eigenvalue weighted by atomic mass is 16.6. The number of aromatic nitrogens is 4. The van der Waals surface area contributed by atoms with Crippen LogP contribution in [0.3, 0.4) is 0 Å². The number of hydrogen-bond acceptors (Lipinski definition) is 14. The molecule has 10 rings (SSSR count). The van der Waals surface area contributed by atoms with Gasteiger partial charge in [-0.25, -0.2) is 19.6 Å². The van der Waals surface area contributed by atoms with Crippen LogP contribution in [0.25, 0.3) is 44.6 Å². The molecule has 2 N–H and O–H groups in total. The molecule has 0 bridgehead atoms. The van der Waals surface area contributed by atoms with Crippen molar-refractivity contribution >= 4 is 45.7 Å². The molecule has 4 aromatic heterocycles. The average Bonchev–Trinajstić information content (AvgIpc) is 3.85. The van der Waals surface area contributed by atoms with Crippen molar-refractivity contribution in [3.63, 3.8) is 0 Å². The highest BCUT2D eigenvalue weighted by Crippen LogP contribution is 2.43. The fourth-order valence-corrected chi connectivity index (χ4v) is 9.79. The summed E-state index contributed by atoms with van der Waals surface area (Å²) >= 11 is 0. The van der Waals surface area contributed by atoms with Crippen LogP contribution in [0.4, 0.5) is 0 Å². The molecule has 2 atom stereocenters. The number of carbonyl (C=O) groups is 4. The predicted molar refractivity (Wildman–Crippen MR) is 228 cm³/mol. The summed E-state index contributed by atoms with van der Waals surface area (Å²) in [5.41, 5.74) is 3.12. The third kappa shape index (κ3) is 5.95. The van der Waals surface area contributed by atoms with Crippen molar-refractivity contribution in [1.82, 2.24) is 19.1 Å². The third-order valence-electron chi connectivity index (χ3n) is 13.3. The molecule has 16 nitrogen and oxygen atoms in total. The van der Waals surface area contributed by atoms with Gasteiger partial charge in [0.2, 0.25) is 0 Å². The molecule has 16 heteroatoms. The van der Waals surface area contributed by atoms with E-state index in [0.717, 1.165) is 33.0 Å². The number of hydrogen-bond donors (Lipinski definition) is 2. The number of fused-ring (bicyclic) bond motifs is 10. The molecule has 326 valence electrons. The van der Waals surface area contributed by atoms with Gasteiger partial charge in [-0.05, 0) is 85.3 Å². The lowest BCUT2D eigenvalue weighted by Gasteiger charge is -2.31. The fraction of sp³-hybridized carbons (Fsp3) is 0.333. The van der Waals surface area contributed by atoms with E-state index in [1.165, 1.54) is 0 Å². The Labute approximate surface area is 364 Å². The van der Waals surface area contributed by atoms with Crippen LogP contribution < -0.4 is 20.6 Å². The minimum atomic E-state index is -1.94. The van der Waals surface area contributed by atoms with Gasteiger partial charge in [0, 0.05) is 33.0 Å². The molecule has 0 saturated carbocycles. The highest BCUT2D eigenvalue weighted by Gasteiger charge is 2.47. The average molecular weight is 867 g/mol. The van der Waals surface area contributed by atoms with Crippen LogP contribution >= 0.6 is 0 Å². The number of esters is 4. The Bertz CT molecular complexity index is 3030. The Morgan fingerprint density at radius 3 is 1.41 bits per heavy atom. The Kier molecular flexibility index (Phi) is 9.46. The second-order valence-corrected chi connectivity index (χ2v) is 16.6. The van der Waals surface area contributed by atoms with Crippen LogP contribution in [0.15, 0.2) is 58.1 Å². The Balaban J connectivity index is 0.850. The topological polar surface area (TPSA) is 215 Å². The normalized spacial score (nSPS) is 19.0. The van der Waals surface area contributed by atoms with Crippen molar-refractivity contribution in [2.45, 2.75) is 104 Å². The van der Waals surface area contributed by atoms with Crippen LogP contribution in [0.2, 0.25) is 0 Å². The first-order valence-electron chi connectivity index (χ1n) is 21.4. The maximum absolute atomic E-state index is 13.7. The van der Waals surface area contributed by atoms with Crippen LogP contribution in [0.1, 0.15) is 97.9 Å². The molecular formula is C48H42N4O12. The quantitative estimate of drug-likeness (QED) is 0.146. The van der Waals surface area contributed by atoms with Crippen LogP contribution in [0.5, 0.6) is 11.5 Å². The molecule has 0 spiro atoms. The van der Waals surface area contributed by atoms with Gasteiger partial charge in [0.05, 0.1) is 70.9 Å². The first kappa shape index (κ1) is 41.0. The highest BCUT2D eigenvalue weighted by molar-refractivity contribution is 5.92. The predicted octanol–water partition coefficient (Wildman–Crippen LogP) is 4.89. The summed E-state index contributed by atoms with van der Waals surface area (Å²) in [5, 5.41) is 23.9. The van der Waals surface area contributed by atoms with E-state index < -0.39 is 35.1 Å². The van der Waals surface area contributed by atoms with Gasteiger partial charge < -0.3 is 38.3 Å². The van der Waals surface area contributed by atoms with Crippen molar-refractivity contribution in [2.75, 3.05) is 0 Å². The molecule has 4 aliphatic rings. The summed E-state index contributed by atoms with van der Waals surface area (Å²) in [6.45, 7) is 7.26. The number of rotatable bonds is 9. The van der Waals surface area contributed by atoms with Crippen molar-refractivity contribution in [3.8, 4) is 34.3 Å². The first-order valence-corrected chi connectivity index (χ1v) is 21.4. The molecule has 0 saturated heterocycles. The Morgan fingerprint density at radius 2 is 1.03 bits per heavy atom. The zero-order valence-corrected chi connectivity index (χ0v) is 35.5. The van der Waals surface area contributed by atoms with E-state index in [9.17, 15) is 39.0 Å². The van der Waals surface area contributed by atoms with Gasteiger partial charge in [-0.3, -0.25) is 19.2 Å². The number of aliphatic hydroxyl groups is 2. The van der Waals surface area contributed by atoms with Crippen LogP contribution in [0, 0.1) is 0 Å². The number of ether oxygens (including phenoxy) is 4. The summed E-state index contributed by atoms with van der Waals surface area (Å²) in [7, 11) is 0. The van der Waals surface area contributed by atoms with Crippen molar-refractivity contribution in [1.29, 1.82) is 0 Å². The molecule has 0 radical (unpaired) electrons. The lowest BCUT2D eigenvalue weighted by atomic mass is 9.86. The number of aryl methyl sites for hydroxylation is 2. The standard InChI is InChI=1S/C48H42N4O12/c1-5-25-27-15-23(9-11-35(27)49-41-29(25)19-51-37(41)17-33-31(43(51)55)21-61-45(57)47(33,59)7-3)63-39(53)13-14-40(54)64-24-10-12-36-28(16-24)26(6-2)30-20-52-38(42(30)50-36)18-34-32(44(52)56)22-62-46(58)48(34,60)8-4/h9-12,15-18,59-60H,5-8,13-14,19-22H2,1-4H3/t47-,48-/m0/s1. The second-order valence-electron chi connectivity index (χ2n) is 16.6. The van der Waals surface area contributed by atoms with E-state index in [0.29, 0.717) is 46.7 Å². The monoisotopic (exact) mass is 866 g/mol. The SMILES string of the molecule is CCc1c2c(nc3ccc(OC(=O)CCC(=O)Oc4ccc5nc6c(c(CC)c5c4)Cn4c-6cc5c(c4=O)COC(=O)[C@]5(O)CC)cc13)-c1cc3c(c(=O)n1C2)COC(=O)[C@]3(O)CC. The van der Waals surface area contributed by atoms with Gasteiger partial charge in [-0.1, -0.05) is 27.7 Å². The molecule has 0 unspecified atom stereocenters. The van der Waals surface area contributed by atoms with Gasteiger partial charge in [0.15, 0.2) is 11.2 Å². The molecule has 4 aliphatic heterocycles. The van der Waals surface area contributed by atoms with E-state index in [1.807, 2.05) is 13.8 Å². The van der Waals surface area contributed by atoms with E-state index >= 15 is 0 Å². The lowest BCUT2D eigenvalue weighted by molar-refractivity contribution is -0.172. The Morgan fingerprint density at radius 1 is 0.625 bits per heavy atom. The van der Waals surface area contributed by atoms with Gasteiger partial charge in [0.1, 0.15) is 24.7 Å². The number of carbonyl (C=O) groups excluding carboxylic acids is 4. The Hall–Kier alpha value is -7.04.